The highest BCUT2D eigenvalue weighted by molar-refractivity contribution is 4.71. The third kappa shape index (κ3) is 1.46. The van der Waals surface area contributed by atoms with Gasteiger partial charge < -0.3 is 10.6 Å². The second-order valence-corrected chi connectivity index (χ2v) is 2.25. The van der Waals surface area contributed by atoms with Gasteiger partial charge in [0.25, 0.3) is 0 Å². The van der Waals surface area contributed by atoms with E-state index >= 15 is 0 Å². The van der Waals surface area contributed by atoms with Crippen LogP contribution in [0.2, 0.25) is 0 Å². The molecule has 2 nitrogen and oxygen atoms in total. The lowest BCUT2D eigenvalue weighted by molar-refractivity contribution is 0.507. The summed E-state index contributed by atoms with van der Waals surface area (Å²) in [5.74, 6) is 0. The number of hydrogen-bond donors (Lipinski definition) is 2. The molecule has 1 rings (SSSR count). The topological polar surface area (TPSA) is 24.1 Å². The standard InChI is InChI=1S/C6H14N2/c1-2-3-6-7-4-5-8-6/h6-8H,2-5H2,1H3. The first-order valence-corrected chi connectivity index (χ1v) is 3.40. The first kappa shape index (κ1) is 6.05. The molecule has 0 aliphatic carbocycles. The molecule has 48 valence electrons. The quantitative estimate of drug-likeness (QED) is 0.539. The third-order valence-corrected chi connectivity index (χ3v) is 1.48. The molecule has 0 bridgehead atoms. The van der Waals surface area contributed by atoms with E-state index in [1.807, 2.05) is 0 Å². The lowest BCUT2D eigenvalue weighted by Crippen LogP contribution is -2.30. The summed E-state index contributed by atoms with van der Waals surface area (Å²) in [5, 5.41) is 6.69. The highest BCUT2D eigenvalue weighted by atomic mass is 15.2. The van der Waals surface area contributed by atoms with E-state index in [1.165, 1.54) is 12.8 Å². The van der Waals surface area contributed by atoms with Crippen LogP contribution in [0.1, 0.15) is 19.8 Å². The molecule has 0 saturated carbocycles. The number of rotatable bonds is 2. The van der Waals surface area contributed by atoms with Crippen molar-refractivity contribution in [1.82, 2.24) is 10.6 Å². The molecule has 0 unspecified atom stereocenters. The van der Waals surface area contributed by atoms with Crippen LogP contribution in [0.25, 0.3) is 0 Å². The molecule has 1 heterocycles. The van der Waals surface area contributed by atoms with E-state index in [9.17, 15) is 0 Å². The Balaban J connectivity index is 2.06. The zero-order chi connectivity index (χ0) is 5.82. The Kier molecular flexibility index (Phi) is 2.30. The van der Waals surface area contributed by atoms with Gasteiger partial charge in [0.05, 0.1) is 6.17 Å². The Hall–Kier alpha value is -0.0800. The van der Waals surface area contributed by atoms with Gasteiger partial charge in [0, 0.05) is 13.1 Å². The van der Waals surface area contributed by atoms with Crippen LogP contribution in [0.3, 0.4) is 0 Å². The van der Waals surface area contributed by atoms with Crippen molar-refractivity contribution in [2.75, 3.05) is 13.1 Å². The van der Waals surface area contributed by atoms with E-state index in [4.69, 9.17) is 0 Å². The van der Waals surface area contributed by atoms with E-state index in [0.29, 0.717) is 6.17 Å². The lowest BCUT2D eigenvalue weighted by atomic mass is 10.3. The molecule has 0 spiro atoms. The zero-order valence-electron chi connectivity index (χ0n) is 5.41. The van der Waals surface area contributed by atoms with Gasteiger partial charge in [-0.2, -0.15) is 0 Å². The fourth-order valence-corrected chi connectivity index (χ4v) is 1.06. The van der Waals surface area contributed by atoms with Gasteiger partial charge in [-0.25, -0.2) is 0 Å². The van der Waals surface area contributed by atoms with Crippen LogP contribution in [0.4, 0.5) is 0 Å². The summed E-state index contributed by atoms with van der Waals surface area (Å²) in [6.07, 6.45) is 3.14. The summed E-state index contributed by atoms with van der Waals surface area (Å²) in [6.45, 7) is 4.50. The maximum absolute atomic E-state index is 3.35. The molecule has 0 atom stereocenters. The van der Waals surface area contributed by atoms with Crippen molar-refractivity contribution in [3.8, 4) is 0 Å². The van der Waals surface area contributed by atoms with Crippen molar-refractivity contribution in [3.05, 3.63) is 0 Å². The molecule has 0 aromatic rings. The molecule has 0 aromatic carbocycles. The van der Waals surface area contributed by atoms with Crippen molar-refractivity contribution in [2.24, 2.45) is 0 Å². The second-order valence-electron chi connectivity index (χ2n) is 2.25. The first-order valence-electron chi connectivity index (χ1n) is 3.40. The Bertz CT molecular complexity index is 57.5. The van der Waals surface area contributed by atoms with Gasteiger partial charge in [0.1, 0.15) is 0 Å². The molecule has 0 aromatic heterocycles. The maximum atomic E-state index is 3.35. The van der Waals surface area contributed by atoms with E-state index < -0.39 is 0 Å². The van der Waals surface area contributed by atoms with Crippen LogP contribution < -0.4 is 10.6 Å². The van der Waals surface area contributed by atoms with Crippen molar-refractivity contribution in [1.29, 1.82) is 0 Å². The number of hydrogen-bond acceptors (Lipinski definition) is 2. The fourth-order valence-electron chi connectivity index (χ4n) is 1.06. The summed E-state index contributed by atoms with van der Waals surface area (Å²) in [6, 6.07) is 0. The third-order valence-electron chi connectivity index (χ3n) is 1.48. The summed E-state index contributed by atoms with van der Waals surface area (Å²) >= 11 is 0. The lowest BCUT2D eigenvalue weighted by Gasteiger charge is -2.06. The molecule has 2 heteroatoms. The van der Waals surface area contributed by atoms with Gasteiger partial charge >= 0.3 is 0 Å². The molecular weight excluding hydrogens is 100 g/mol. The van der Waals surface area contributed by atoms with Gasteiger partial charge in [0.15, 0.2) is 0 Å². The normalized spacial score (nSPS) is 22.1. The van der Waals surface area contributed by atoms with Gasteiger partial charge in [-0.1, -0.05) is 13.3 Å². The van der Waals surface area contributed by atoms with Crippen LogP contribution in [0, 0.1) is 0 Å². The molecule has 0 amide bonds. The molecule has 1 aliphatic rings. The smallest absolute Gasteiger partial charge is 0.0572 e. The van der Waals surface area contributed by atoms with Crippen molar-refractivity contribution < 1.29 is 0 Å². The molecule has 2 N–H and O–H groups in total. The zero-order valence-corrected chi connectivity index (χ0v) is 5.41. The van der Waals surface area contributed by atoms with Gasteiger partial charge in [-0.3, -0.25) is 0 Å². The first-order chi connectivity index (χ1) is 3.93. The SMILES string of the molecule is CCCC1NCCN1. The average molecular weight is 114 g/mol. The van der Waals surface area contributed by atoms with Crippen molar-refractivity contribution >= 4 is 0 Å². The van der Waals surface area contributed by atoms with Crippen molar-refractivity contribution in [3.63, 3.8) is 0 Å². The van der Waals surface area contributed by atoms with E-state index in [0.717, 1.165) is 13.1 Å². The van der Waals surface area contributed by atoms with Gasteiger partial charge in [0.2, 0.25) is 0 Å². The van der Waals surface area contributed by atoms with E-state index in [2.05, 4.69) is 17.6 Å². The average Bonchev–Trinajstić information content (AvgIpc) is 2.19. The summed E-state index contributed by atoms with van der Waals surface area (Å²) in [4.78, 5) is 0. The molecule has 0 radical (unpaired) electrons. The van der Waals surface area contributed by atoms with Crippen LogP contribution in [-0.2, 0) is 0 Å². The Labute approximate surface area is 50.7 Å². The van der Waals surface area contributed by atoms with Crippen LogP contribution >= 0.6 is 0 Å². The summed E-state index contributed by atoms with van der Waals surface area (Å²) in [7, 11) is 0. The Morgan fingerprint density at radius 1 is 1.38 bits per heavy atom. The Morgan fingerprint density at radius 2 is 2.00 bits per heavy atom. The summed E-state index contributed by atoms with van der Waals surface area (Å²) < 4.78 is 0. The van der Waals surface area contributed by atoms with Crippen LogP contribution in [-0.4, -0.2) is 19.3 Å². The minimum Gasteiger partial charge on any atom is -0.301 e. The largest absolute Gasteiger partial charge is 0.301 e. The van der Waals surface area contributed by atoms with E-state index in [1.54, 1.807) is 0 Å². The van der Waals surface area contributed by atoms with E-state index in [-0.39, 0.29) is 0 Å². The number of nitrogens with one attached hydrogen (secondary N) is 2. The maximum Gasteiger partial charge on any atom is 0.0572 e. The highest BCUT2D eigenvalue weighted by Crippen LogP contribution is 1.94. The van der Waals surface area contributed by atoms with Crippen LogP contribution in [0.5, 0.6) is 0 Å². The molecule has 1 saturated heterocycles. The minimum atomic E-state index is 0.611. The van der Waals surface area contributed by atoms with Crippen LogP contribution in [0.15, 0.2) is 0 Å². The monoisotopic (exact) mass is 114 g/mol. The fraction of sp³-hybridized carbons (Fsp3) is 1.00. The molecule has 8 heavy (non-hydrogen) atoms. The summed E-state index contributed by atoms with van der Waals surface area (Å²) in [5.41, 5.74) is 0. The second kappa shape index (κ2) is 3.05. The highest BCUT2D eigenvalue weighted by Gasteiger charge is 2.09. The minimum absolute atomic E-state index is 0.611. The molecule has 1 fully saturated rings. The van der Waals surface area contributed by atoms with Gasteiger partial charge in [-0.05, 0) is 6.42 Å². The predicted molar refractivity (Wildman–Crippen MR) is 34.7 cm³/mol. The predicted octanol–water partition coefficient (Wildman–Crippen LogP) is 0.305. The van der Waals surface area contributed by atoms with Gasteiger partial charge in [-0.15, -0.1) is 0 Å². The molecule has 1 aliphatic heterocycles. The van der Waals surface area contributed by atoms with Crippen molar-refractivity contribution in [2.45, 2.75) is 25.9 Å². The Morgan fingerprint density at radius 3 is 2.50 bits per heavy atom. The molecular formula is C6H14N2.